The molecule has 0 amide bonds. The van der Waals surface area contributed by atoms with Crippen molar-refractivity contribution in [3.8, 4) is 0 Å². The van der Waals surface area contributed by atoms with Crippen LogP contribution in [-0.4, -0.2) is 59.7 Å². The van der Waals surface area contributed by atoms with Crippen molar-refractivity contribution in [1.29, 1.82) is 0 Å². The number of benzene rings is 1. The molecule has 1 rings (SSSR count). The molecule has 0 aliphatic rings. The largest absolute Gasteiger partial charge is 0.478 e. The van der Waals surface area contributed by atoms with E-state index >= 15 is 0 Å². The number of aromatic carboxylic acids is 2. The van der Waals surface area contributed by atoms with E-state index in [2.05, 4.69) is 11.3 Å². The first-order chi connectivity index (χ1) is 10.9. The standard InChI is InChI=1S/C8H6O4.C7H12O4/c9-7(10)5-3-1-2-4-6(5)8(11)12;1-2-7(9)11-6-5-10-4-3-8/h1-4H,(H,9,10)(H,11,12);2,8H,1,3-6H2. The van der Waals surface area contributed by atoms with Crippen LogP contribution in [-0.2, 0) is 14.3 Å². The molecule has 1 aromatic carbocycles. The highest BCUT2D eigenvalue weighted by Crippen LogP contribution is 2.07. The first-order valence-corrected chi connectivity index (χ1v) is 6.47. The molecule has 0 heterocycles. The number of esters is 1. The molecule has 0 aliphatic heterocycles. The smallest absolute Gasteiger partial charge is 0.336 e. The lowest BCUT2D eigenvalue weighted by molar-refractivity contribution is -0.139. The van der Waals surface area contributed by atoms with E-state index < -0.39 is 17.9 Å². The molecular weight excluding hydrogens is 308 g/mol. The summed E-state index contributed by atoms with van der Waals surface area (Å²) in [6.07, 6.45) is 1.09. The Morgan fingerprint density at radius 2 is 1.52 bits per heavy atom. The molecule has 0 spiro atoms. The minimum atomic E-state index is -1.23. The van der Waals surface area contributed by atoms with Gasteiger partial charge < -0.3 is 24.8 Å². The molecule has 0 saturated carbocycles. The lowest BCUT2D eigenvalue weighted by atomic mass is 10.1. The van der Waals surface area contributed by atoms with Crippen molar-refractivity contribution < 1.29 is 39.2 Å². The van der Waals surface area contributed by atoms with Crippen LogP contribution in [0.15, 0.2) is 36.9 Å². The van der Waals surface area contributed by atoms with E-state index in [0.29, 0.717) is 6.61 Å². The fourth-order valence-electron chi connectivity index (χ4n) is 1.28. The van der Waals surface area contributed by atoms with E-state index in [1.807, 2.05) is 0 Å². The zero-order valence-corrected chi connectivity index (χ0v) is 12.3. The number of carboxylic acids is 2. The quantitative estimate of drug-likeness (QED) is 0.363. The van der Waals surface area contributed by atoms with Gasteiger partial charge in [0.05, 0.1) is 30.9 Å². The van der Waals surface area contributed by atoms with Gasteiger partial charge in [0, 0.05) is 6.08 Å². The normalized spacial score (nSPS) is 9.26. The van der Waals surface area contributed by atoms with E-state index in [4.69, 9.17) is 20.1 Å². The van der Waals surface area contributed by atoms with Crippen molar-refractivity contribution in [1.82, 2.24) is 0 Å². The van der Waals surface area contributed by atoms with Gasteiger partial charge in [-0.2, -0.15) is 0 Å². The van der Waals surface area contributed by atoms with Gasteiger partial charge in [-0.15, -0.1) is 0 Å². The molecule has 0 aliphatic carbocycles. The molecule has 8 heteroatoms. The fraction of sp³-hybridized carbons (Fsp3) is 0.267. The maximum Gasteiger partial charge on any atom is 0.336 e. The zero-order valence-electron chi connectivity index (χ0n) is 12.3. The van der Waals surface area contributed by atoms with Crippen LogP contribution in [0, 0.1) is 0 Å². The Morgan fingerprint density at radius 3 is 1.91 bits per heavy atom. The Labute approximate surface area is 132 Å². The van der Waals surface area contributed by atoms with Gasteiger partial charge in [-0.25, -0.2) is 14.4 Å². The molecule has 0 aromatic heterocycles. The minimum absolute atomic E-state index is 0.0184. The SMILES string of the molecule is C=CC(=O)OCCOCCO.O=C(O)c1ccccc1C(=O)O. The number of rotatable bonds is 8. The van der Waals surface area contributed by atoms with E-state index in [1.165, 1.54) is 24.3 Å². The first-order valence-electron chi connectivity index (χ1n) is 6.47. The maximum atomic E-state index is 10.5. The highest BCUT2D eigenvalue weighted by molar-refractivity contribution is 6.01. The Bertz CT molecular complexity index is 505. The molecular formula is C15H18O8. The number of ether oxygens (including phenoxy) is 2. The number of carbonyl (C=O) groups excluding carboxylic acids is 1. The molecule has 0 fully saturated rings. The Balaban J connectivity index is 0.000000423. The van der Waals surface area contributed by atoms with Gasteiger partial charge in [-0.3, -0.25) is 0 Å². The van der Waals surface area contributed by atoms with Crippen LogP contribution in [0.2, 0.25) is 0 Å². The van der Waals surface area contributed by atoms with Crippen LogP contribution < -0.4 is 0 Å². The molecule has 3 N–H and O–H groups in total. The molecule has 0 radical (unpaired) electrons. The van der Waals surface area contributed by atoms with Crippen molar-refractivity contribution >= 4 is 17.9 Å². The number of carboxylic acid groups (broad SMARTS) is 2. The van der Waals surface area contributed by atoms with Gasteiger partial charge in [0.1, 0.15) is 6.61 Å². The number of hydrogen-bond acceptors (Lipinski definition) is 6. The van der Waals surface area contributed by atoms with Crippen molar-refractivity contribution in [3.63, 3.8) is 0 Å². The summed E-state index contributed by atoms with van der Waals surface area (Å²) < 4.78 is 9.39. The fourth-order valence-corrected chi connectivity index (χ4v) is 1.28. The van der Waals surface area contributed by atoms with Gasteiger partial charge >= 0.3 is 17.9 Å². The summed E-state index contributed by atoms with van der Waals surface area (Å²) in [5.74, 6) is -2.92. The van der Waals surface area contributed by atoms with Crippen LogP contribution in [0.4, 0.5) is 0 Å². The van der Waals surface area contributed by atoms with Crippen LogP contribution in [0.1, 0.15) is 20.7 Å². The summed E-state index contributed by atoms with van der Waals surface area (Å²) >= 11 is 0. The summed E-state index contributed by atoms with van der Waals surface area (Å²) in [7, 11) is 0. The molecule has 1 aromatic rings. The predicted octanol–water partition coefficient (Wildman–Crippen LogP) is 0.807. The molecule has 0 atom stereocenters. The van der Waals surface area contributed by atoms with Crippen molar-refractivity contribution in [2.24, 2.45) is 0 Å². The second kappa shape index (κ2) is 11.9. The Hall–Kier alpha value is -2.71. The lowest BCUT2D eigenvalue weighted by Gasteiger charge is -2.01. The summed E-state index contributed by atoms with van der Waals surface area (Å²) in [4.78, 5) is 31.3. The van der Waals surface area contributed by atoms with Gasteiger partial charge in [0.25, 0.3) is 0 Å². The van der Waals surface area contributed by atoms with Gasteiger partial charge in [0.15, 0.2) is 0 Å². The molecule has 0 unspecified atom stereocenters. The van der Waals surface area contributed by atoms with E-state index in [0.717, 1.165) is 6.08 Å². The number of aliphatic hydroxyl groups is 1. The summed E-state index contributed by atoms with van der Waals surface area (Å²) in [6, 6.07) is 5.48. The third-order valence-corrected chi connectivity index (χ3v) is 2.26. The average molecular weight is 326 g/mol. The number of carbonyl (C=O) groups is 3. The first kappa shape index (κ1) is 20.3. The predicted molar refractivity (Wildman–Crippen MR) is 79.4 cm³/mol. The lowest BCUT2D eigenvalue weighted by Crippen LogP contribution is -2.09. The Morgan fingerprint density at radius 1 is 1.00 bits per heavy atom. The minimum Gasteiger partial charge on any atom is -0.478 e. The zero-order chi connectivity index (χ0) is 17.7. The molecule has 0 bridgehead atoms. The van der Waals surface area contributed by atoms with E-state index in [1.54, 1.807) is 0 Å². The molecule has 126 valence electrons. The van der Waals surface area contributed by atoms with Crippen molar-refractivity contribution in [3.05, 3.63) is 48.0 Å². The topological polar surface area (TPSA) is 130 Å². The van der Waals surface area contributed by atoms with Crippen LogP contribution in [0.5, 0.6) is 0 Å². The maximum absolute atomic E-state index is 10.5. The number of hydrogen-bond donors (Lipinski definition) is 3. The van der Waals surface area contributed by atoms with Gasteiger partial charge in [-0.05, 0) is 12.1 Å². The second-order valence-corrected chi connectivity index (χ2v) is 3.86. The van der Waals surface area contributed by atoms with Crippen molar-refractivity contribution in [2.75, 3.05) is 26.4 Å². The van der Waals surface area contributed by atoms with Crippen LogP contribution in [0.25, 0.3) is 0 Å². The summed E-state index contributed by atoms with van der Waals surface area (Å²) in [6.45, 7) is 3.98. The van der Waals surface area contributed by atoms with Crippen LogP contribution >= 0.6 is 0 Å². The van der Waals surface area contributed by atoms with Gasteiger partial charge in [0.2, 0.25) is 0 Å². The third kappa shape index (κ3) is 9.02. The summed E-state index contributed by atoms with van der Waals surface area (Å²) in [5.41, 5.74) is -0.380. The highest BCUT2D eigenvalue weighted by atomic mass is 16.6. The molecule has 23 heavy (non-hydrogen) atoms. The second-order valence-electron chi connectivity index (χ2n) is 3.86. The van der Waals surface area contributed by atoms with Crippen LogP contribution in [0.3, 0.4) is 0 Å². The Kier molecular flexibility index (Phi) is 10.5. The highest BCUT2D eigenvalue weighted by Gasteiger charge is 2.13. The van der Waals surface area contributed by atoms with E-state index in [9.17, 15) is 14.4 Å². The van der Waals surface area contributed by atoms with Crippen molar-refractivity contribution in [2.45, 2.75) is 0 Å². The summed E-state index contributed by atoms with van der Waals surface area (Å²) in [5, 5.41) is 25.4. The van der Waals surface area contributed by atoms with E-state index in [-0.39, 0.29) is 30.9 Å². The monoisotopic (exact) mass is 326 g/mol. The average Bonchev–Trinajstić information content (AvgIpc) is 2.54. The molecule has 8 nitrogen and oxygen atoms in total. The number of aliphatic hydroxyl groups excluding tert-OH is 1. The molecule has 0 saturated heterocycles. The van der Waals surface area contributed by atoms with Gasteiger partial charge in [-0.1, -0.05) is 18.7 Å². The third-order valence-electron chi connectivity index (χ3n) is 2.26.